The van der Waals surface area contributed by atoms with Crippen molar-refractivity contribution in [2.24, 2.45) is 14.1 Å². The first-order valence-corrected chi connectivity index (χ1v) is 18.2. The molecule has 0 radical (unpaired) electrons. The van der Waals surface area contributed by atoms with E-state index in [0.29, 0.717) is 78.0 Å². The maximum Gasteiger partial charge on any atom is 0.264 e. The number of morpholine rings is 1. The number of ether oxygens (including phenoxy) is 4. The highest BCUT2D eigenvalue weighted by molar-refractivity contribution is 6.12. The summed E-state index contributed by atoms with van der Waals surface area (Å²) in [7, 11) is 5.32. The number of amides is 2. The molecule has 1 atom stereocenters. The number of fused-ring (bicyclic) bond motifs is 2. The van der Waals surface area contributed by atoms with E-state index in [9.17, 15) is 9.90 Å². The van der Waals surface area contributed by atoms with Gasteiger partial charge >= 0.3 is 0 Å². The number of hydrogen-bond donors (Lipinski definition) is 1. The number of phenolic OH excluding ortho intramolecular Hbond substituents is 1. The molecule has 0 unspecified atom stereocenters. The highest BCUT2D eigenvalue weighted by Crippen LogP contribution is 2.42. The molecule has 5 aromatic rings. The van der Waals surface area contributed by atoms with E-state index >= 15 is 4.79 Å². The van der Waals surface area contributed by atoms with Crippen LogP contribution in [0.1, 0.15) is 37.5 Å². The molecule has 0 aliphatic carbocycles. The number of anilines is 2. The van der Waals surface area contributed by atoms with Gasteiger partial charge in [0.25, 0.3) is 11.8 Å². The van der Waals surface area contributed by atoms with Crippen LogP contribution >= 0.6 is 0 Å². The molecule has 13 nitrogen and oxygen atoms in total. The fourth-order valence-corrected chi connectivity index (χ4v) is 7.77. The zero-order chi connectivity index (χ0) is 37.3. The van der Waals surface area contributed by atoms with Crippen LogP contribution < -0.4 is 14.4 Å². The SMILES string of the molecule is COCCc1c(C(=O)N(c2ccc(O)cc2)c2cnn(C)c2)cc(-c2cc3c(cc2C(=O)N2Cc4ccccc4C[C@H]2CN2CCOCC2)OCO3)n1C. The summed E-state index contributed by atoms with van der Waals surface area (Å²) in [5.41, 5.74) is 6.45. The number of aromatic nitrogens is 3. The molecule has 8 rings (SSSR count). The van der Waals surface area contributed by atoms with Gasteiger partial charge in [0.2, 0.25) is 6.79 Å². The molecule has 280 valence electrons. The van der Waals surface area contributed by atoms with Crippen molar-refractivity contribution < 1.29 is 33.6 Å². The van der Waals surface area contributed by atoms with Gasteiger partial charge < -0.3 is 33.5 Å². The second-order valence-electron chi connectivity index (χ2n) is 13.9. The van der Waals surface area contributed by atoms with Crippen molar-refractivity contribution in [3.05, 3.63) is 107 Å². The molecule has 2 amide bonds. The lowest BCUT2D eigenvalue weighted by molar-refractivity contribution is 0.0193. The Balaban J connectivity index is 1.23. The largest absolute Gasteiger partial charge is 0.508 e. The van der Waals surface area contributed by atoms with Gasteiger partial charge in [0, 0.05) is 88.7 Å². The summed E-state index contributed by atoms with van der Waals surface area (Å²) in [6, 6.07) is 20.2. The summed E-state index contributed by atoms with van der Waals surface area (Å²) in [4.78, 5) is 35.9. The van der Waals surface area contributed by atoms with Gasteiger partial charge in [-0.15, -0.1) is 0 Å². The van der Waals surface area contributed by atoms with Gasteiger partial charge in [-0.05, 0) is 60.0 Å². The Hall–Kier alpha value is -5.63. The van der Waals surface area contributed by atoms with Crippen molar-refractivity contribution >= 4 is 23.2 Å². The third kappa shape index (κ3) is 6.81. The van der Waals surface area contributed by atoms with Crippen molar-refractivity contribution in [2.45, 2.75) is 25.4 Å². The molecule has 5 heterocycles. The summed E-state index contributed by atoms with van der Waals surface area (Å²) in [5.74, 6) is 0.705. The van der Waals surface area contributed by atoms with E-state index in [0.717, 1.165) is 37.3 Å². The van der Waals surface area contributed by atoms with Gasteiger partial charge in [0.1, 0.15) is 5.75 Å². The minimum Gasteiger partial charge on any atom is -0.508 e. The van der Waals surface area contributed by atoms with Crippen LogP contribution in [-0.4, -0.2) is 100 Å². The van der Waals surface area contributed by atoms with Crippen molar-refractivity contribution in [2.75, 3.05) is 58.3 Å². The van der Waals surface area contributed by atoms with Gasteiger partial charge in [0.05, 0.1) is 42.8 Å². The monoisotopic (exact) mass is 732 g/mol. The van der Waals surface area contributed by atoms with E-state index in [1.54, 1.807) is 66.5 Å². The van der Waals surface area contributed by atoms with E-state index in [2.05, 4.69) is 28.2 Å². The van der Waals surface area contributed by atoms with Crippen LogP contribution in [0.5, 0.6) is 17.2 Å². The standard InChI is InChI=1S/C41H44N6O7/c1-43-24-31(22-42-43)47(29-8-10-32(48)11-9-29)41(50)35-19-37(44(2)36(35)12-15-51-3)33-20-38-39(54-26-53-38)21-34(33)40(49)46-23-28-7-5-4-6-27(28)18-30(46)25-45-13-16-52-17-14-45/h4-11,19-22,24,30,48H,12-18,23,25-26H2,1-3H3/t30-/m0/s1. The van der Waals surface area contributed by atoms with E-state index < -0.39 is 0 Å². The van der Waals surface area contributed by atoms with Gasteiger partial charge in [-0.3, -0.25) is 24.1 Å². The number of aromatic hydroxyl groups is 1. The molecule has 0 saturated carbocycles. The molecule has 13 heteroatoms. The number of hydrogen-bond acceptors (Lipinski definition) is 9. The van der Waals surface area contributed by atoms with E-state index in [-0.39, 0.29) is 30.4 Å². The number of carbonyl (C=O) groups is 2. The molecule has 3 aliphatic rings. The van der Waals surface area contributed by atoms with Crippen LogP contribution in [0.4, 0.5) is 11.4 Å². The Morgan fingerprint density at radius 2 is 1.69 bits per heavy atom. The number of methoxy groups -OCH3 is 1. The van der Waals surface area contributed by atoms with Gasteiger partial charge in [-0.1, -0.05) is 24.3 Å². The second-order valence-corrected chi connectivity index (χ2v) is 13.9. The molecule has 3 aromatic carbocycles. The lowest BCUT2D eigenvalue weighted by atomic mass is 9.92. The number of nitrogens with zero attached hydrogens (tertiary/aromatic N) is 6. The Morgan fingerprint density at radius 1 is 0.944 bits per heavy atom. The first kappa shape index (κ1) is 35.4. The van der Waals surface area contributed by atoms with Crippen molar-refractivity contribution in [1.82, 2.24) is 24.1 Å². The minimum absolute atomic E-state index is 0.0474. The molecule has 54 heavy (non-hydrogen) atoms. The predicted molar refractivity (Wildman–Crippen MR) is 201 cm³/mol. The Kier molecular flexibility index (Phi) is 9.84. The zero-order valence-corrected chi connectivity index (χ0v) is 30.7. The summed E-state index contributed by atoms with van der Waals surface area (Å²) < 4.78 is 26.4. The van der Waals surface area contributed by atoms with Crippen LogP contribution in [0.25, 0.3) is 11.3 Å². The third-order valence-electron chi connectivity index (χ3n) is 10.6. The maximum absolute atomic E-state index is 15.1. The van der Waals surface area contributed by atoms with E-state index in [4.69, 9.17) is 18.9 Å². The maximum atomic E-state index is 15.1. The summed E-state index contributed by atoms with van der Waals surface area (Å²) in [5, 5.41) is 14.4. The molecule has 0 spiro atoms. The number of aryl methyl sites for hydroxylation is 1. The molecule has 2 aromatic heterocycles. The third-order valence-corrected chi connectivity index (χ3v) is 10.6. The quantitative estimate of drug-likeness (QED) is 0.213. The highest BCUT2D eigenvalue weighted by atomic mass is 16.7. The van der Waals surface area contributed by atoms with Crippen LogP contribution in [-0.2, 0) is 43.0 Å². The second kappa shape index (κ2) is 15.0. The average Bonchev–Trinajstić information content (AvgIpc) is 3.92. The zero-order valence-electron chi connectivity index (χ0n) is 30.7. The molecular formula is C41H44N6O7. The summed E-state index contributed by atoms with van der Waals surface area (Å²) in [6.45, 7) is 4.61. The van der Waals surface area contributed by atoms with Crippen LogP contribution in [0.3, 0.4) is 0 Å². The van der Waals surface area contributed by atoms with Gasteiger partial charge in [0.15, 0.2) is 11.5 Å². The lowest BCUT2D eigenvalue weighted by Gasteiger charge is -2.40. The average molecular weight is 733 g/mol. The Morgan fingerprint density at radius 3 is 2.41 bits per heavy atom. The number of benzene rings is 3. The van der Waals surface area contributed by atoms with Gasteiger partial charge in [-0.2, -0.15) is 5.10 Å². The topological polar surface area (TPSA) is 124 Å². The smallest absolute Gasteiger partial charge is 0.264 e. The van der Waals surface area contributed by atoms with Crippen molar-refractivity contribution in [3.8, 4) is 28.5 Å². The Bertz CT molecular complexity index is 2170. The first-order chi connectivity index (χ1) is 26.3. The molecule has 1 fully saturated rings. The van der Waals surface area contributed by atoms with Crippen LogP contribution in [0.15, 0.2) is 79.1 Å². The number of phenols is 1. The van der Waals surface area contributed by atoms with Crippen molar-refractivity contribution in [3.63, 3.8) is 0 Å². The van der Waals surface area contributed by atoms with Crippen LogP contribution in [0, 0.1) is 0 Å². The number of rotatable bonds is 10. The fourth-order valence-electron chi connectivity index (χ4n) is 7.77. The van der Waals surface area contributed by atoms with E-state index in [1.165, 1.54) is 5.56 Å². The lowest BCUT2D eigenvalue weighted by Crippen LogP contribution is -2.52. The minimum atomic E-state index is -0.298. The predicted octanol–water partition coefficient (Wildman–Crippen LogP) is 4.93. The van der Waals surface area contributed by atoms with E-state index in [1.807, 2.05) is 34.7 Å². The van der Waals surface area contributed by atoms with Crippen LogP contribution in [0.2, 0.25) is 0 Å². The number of carbonyl (C=O) groups excluding carboxylic acids is 2. The molecule has 3 aliphatic heterocycles. The van der Waals surface area contributed by atoms with Gasteiger partial charge in [-0.25, -0.2) is 0 Å². The molecule has 0 bridgehead atoms. The summed E-state index contributed by atoms with van der Waals surface area (Å²) >= 11 is 0. The fraction of sp³-hybridized carbons (Fsp3) is 0.341. The molecular weight excluding hydrogens is 688 g/mol. The Labute approximate surface area is 313 Å². The summed E-state index contributed by atoms with van der Waals surface area (Å²) in [6.07, 6.45) is 4.57. The normalized spacial score (nSPS) is 16.7. The highest BCUT2D eigenvalue weighted by Gasteiger charge is 2.35. The molecule has 1 saturated heterocycles. The first-order valence-electron chi connectivity index (χ1n) is 18.2. The molecule has 1 N–H and O–H groups in total. The van der Waals surface area contributed by atoms with Crippen molar-refractivity contribution in [1.29, 1.82) is 0 Å².